The molecule has 0 N–H and O–H groups in total. The van der Waals surface area contributed by atoms with Crippen LogP contribution in [0.3, 0.4) is 0 Å². The van der Waals surface area contributed by atoms with E-state index in [1.807, 2.05) is 65.4 Å². The molecule has 0 spiro atoms. The summed E-state index contributed by atoms with van der Waals surface area (Å²) in [4.78, 5) is 25.9. The number of thioether (sulfide) groups is 1. The molecule has 2 aromatic rings. The van der Waals surface area contributed by atoms with Gasteiger partial charge in [0.05, 0.1) is 0 Å². The molecule has 0 saturated carbocycles. The first-order valence-corrected chi connectivity index (χ1v) is 21.6. The third kappa shape index (κ3) is 15.5. The monoisotopic (exact) mass is 769 g/mol. The van der Waals surface area contributed by atoms with Crippen molar-refractivity contribution in [2.45, 2.75) is 202 Å². The third-order valence-corrected chi connectivity index (χ3v) is 11.0. The van der Waals surface area contributed by atoms with Gasteiger partial charge in [-0.05, 0) is 113 Å². The standard InChI is InChI=1S/C47H76O6S/c1-17-18-19-20-21-22-23-24-25-26-27-54-32-47(16,35-30-37(43(4,5)6)39(28-33(35)2)50-41(48)52-45(10,11)12)36-31-38(44(7,8)9)40(29-34(36)3)51-42(49)53-46(13,14)15/h28-31H,17-27,32H2,1-16H3. The molecule has 0 aromatic heterocycles. The predicted octanol–water partition coefficient (Wildman–Crippen LogP) is 14.5. The van der Waals surface area contributed by atoms with Crippen molar-refractivity contribution in [2.24, 2.45) is 0 Å². The summed E-state index contributed by atoms with van der Waals surface area (Å²) >= 11 is 2.00. The van der Waals surface area contributed by atoms with Crippen molar-refractivity contribution in [1.82, 2.24) is 0 Å². The van der Waals surface area contributed by atoms with E-state index in [-0.39, 0.29) is 10.8 Å². The summed E-state index contributed by atoms with van der Waals surface area (Å²) in [6, 6.07) is 8.50. The van der Waals surface area contributed by atoms with Gasteiger partial charge < -0.3 is 18.9 Å². The molecule has 0 heterocycles. The van der Waals surface area contributed by atoms with Crippen LogP contribution in [0.4, 0.5) is 9.59 Å². The fourth-order valence-corrected chi connectivity index (χ4v) is 8.15. The van der Waals surface area contributed by atoms with E-state index in [1.165, 1.54) is 75.3 Å². The first-order valence-electron chi connectivity index (χ1n) is 20.5. The van der Waals surface area contributed by atoms with Crippen molar-refractivity contribution in [2.75, 3.05) is 11.5 Å². The van der Waals surface area contributed by atoms with Crippen LogP contribution in [0.15, 0.2) is 24.3 Å². The zero-order valence-electron chi connectivity index (χ0n) is 37.2. The number of hydrogen-bond acceptors (Lipinski definition) is 7. The summed E-state index contributed by atoms with van der Waals surface area (Å²) < 4.78 is 23.0. The molecule has 7 heteroatoms. The number of carbonyl (C=O) groups excluding carboxylic acids is 2. The fraction of sp³-hybridized carbons (Fsp3) is 0.702. The molecular formula is C47H76O6S. The number of aryl methyl sites for hydroxylation is 2. The van der Waals surface area contributed by atoms with E-state index < -0.39 is 28.9 Å². The molecule has 0 aliphatic carbocycles. The lowest BCUT2D eigenvalue weighted by atomic mass is 9.70. The van der Waals surface area contributed by atoms with Crippen molar-refractivity contribution in [3.8, 4) is 11.5 Å². The Bertz CT molecular complexity index is 1420. The maximum Gasteiger partial charge on any atom is 0.514 e. The minimum Gasteiger partial charge on any atom is -0.428 e. The second kappa shape index (κ2) is 20.0. The zero-order chi connectivity index (χ0) is 41.1. The van der Waals surface area contributed by atoms with Gasteiger partial charge in [0.15, 0.2) is 0 Å². The van der Waals surface area contributed by atoms with Crippen LogP contribution < -0.4 is 9.47 Å². The Hall–Kier alpha value is -2.67. The fourth-order valence-electron chi connectivity index (χ4n) is 6.88. The molecule has 0 aliphatic rings. The van der Waals surface area contributed by atoms with E-state index >= 15 is 0 Å². The number of carbonyl (C=O) groups is 2. The van der Waals surface area contributed by atoms with Crippen LogP contribution in [0, 0.1) is 13.8 Å². The van der Waals surface area contributed by atoms with Crippen LogP contribution >= 0.6 is 11.8 Å². The highest BCUT2D eigenvalue weighted by atomic mass is 32.2. The first kappa shape index (κ1) is 47.5. The SMILES string of the molecule is CCCCCCCCCCCCSCC(C)(c1cc(C(C)(C)C)c(OC(=O)OC(C)(C)C)cc1C)c1cc(C(C)(C)C)c(OC(=O)OC(C)(C)C)cc1C. The van der Waals surface area contributed by atoms with Gasteiger partial charge in [-0.15, -0.1) is 0 Å². The Balaban J connectivity index is 2.60. The van der Waals surface area contributed by atoms with Crippen LogP contribution in [-0.4, -0.2) is 35.0 Å². The first-order chi connectivity index (χ1) is 24.8. The van der Waals surface area contributed by atoms with Crippen LogP contribution in [0.25, 0.3) is 0 Å². The molecule has 0 amide bonds. The lowest BCUT2D eigenvalue weighted by Gasteiger charge is -2.37. The third-order valence-electron chi connectivity index (χ3n) is 9.66. The van der Waals surface area contributed by atoms with Crippen LogP contribution in [0.2, 0.25) is 0 Å². The van der Waals surface area contributed by atoms with Crippen LogP contribution in [0.1, 0.15) is 195 Å². The van der Waals surface area contributed by atoms with E-state index in [1.54, 1.807) is 0 Å². The molecule has 2 aromatic carbocycles. The number of unbranched alkanes of at least 4 members (excludes halogenated alkanes) is 9. The highest BCUT2D eigenvalue weighted by Gasteiger charge is 2.37. The number of rotatable bonds is 17. The van der Waals surface area contributed by atoms with E-state index in [4.69, 9.17) is 18.9 Å². The molecule has 0 fully saturated rings. The second-order valence-electron chi connectivity index (χ2n) is 19.5. The Morgan fingerprint density at radius 2 is 0.870 bits per heavy atom. The smallest absolute Gasteiger partial charge is 0.428 e. The highest BCUT2D eigenvalue weighted by Crippen LogP contribution is 2.46. The van der Waals surface area contributed by atoms with Gasteiger partial charge >= 0.3 is 12.3 Å². The molecule has 0 aliphatic heterocycles. The molecule has 0 saturated heterocycles. The second-order valence-corrected chi connectivity index (χ2v) is 20.6. The molecule has 306 valence electrons. The Morgan fingerprint density at radius 3 is 1.20 bits per heavy atom. The Labute approximate surface area is 334 Å². The van der Waals surface area contributed by atoms with Gasteiger partial charge in [0, 0.05) is 22.3 Å². The average molecular weight is 769 g/mol. The molecule has 0 radical (unpaired) electrons. The van der Waals surface area contributed by atoms with Gasteiger partial charge in [-0.1, -0.05) is 125 Å². The van der Waals surface area contributed by atoms with Crippen molar-refractivity contribution >= 4 is 24.1 Å². The molecular weight excluding hydrogens is 693 g/mol. The van der Waals surface area contributed by atoms with Crippen molar-refractivity contribution in [1.29, 1.82) is 0 Å². The lowest BCUT2D eigenvalue weighted by Crippen LogP contribution is -2.32. The number of benzene rings is 2. The van der Waals surface area contributed by atoms with E-state index in [9.17, 15) is 9.59 Å². The lowest BCUT2D eigenvalue weighted by molar-refractivity contribution is 0.0189. The molecule has 2 rings (SSSR count). The van der Waals surface area contributed by atoms with Gasteiger partial charge in [-0.3, -0.25) is 0 Å². The van der Waals surface area contributed by atoms with Gasteiger partial charge in [0.2, 0.25) is 0 Å². The summed E-state index contributed by atoms with van der Waals surface area (Å²) in [6.45, 7) is 32.7. The topological polar surface area (TPSA) is 71.1 Å². The zero-order valence-corrected chi connectivity index (χ0v) is 38.0. The minimum atomic E-state index is -0.707. The maximum atomic E-state index is 12.9. The largest absolute Gasteiger partial charge is 0.514 e. The average Bonchev–Trinajstić information content (AvgIpc) is 2.98. The Kier molecular flexibility index (Phi) is 17.6. The van der Waals surface area contributed by atoms with E-state index in [0.717, 1.165) is 33.8 Å². The van der Waals surface area contributed by atoms with Gasteiger partial charge in [-0.25, -0.2) is 9.59 Å². The molecule has 0 unspecified atom stereocenters. The van der Waals surface area contributed by atoms with Crippen LogP contribution in [-0.2, 0) is 25.7 Å². The number of ether oxygens (including phenoxy) is 4. The normalized spacial score (nSPS) is 12.8. The summed E-state index contributed by atoms with van der Waals surface area (Å²) in [5, 5.41) is 0. The maximum absolute atomic E-state index is 12.9. The summed E-state index contributed by atoms with van der Waals surface area (Å²) in [6.07, 6.45) is 11.8. The molecule has 6 nitrogen and oxygen atoms in total. The summed E-state index contributed by atoms with van der Waals surface area (Å²) in [7, 11) is 0. The van der Waals surface area contributed by atoms with Gasteiger partial charge in [0.1, 0.15) is 22.7 Å². The quantitative estimate of drug-likeness (QED) is 0.0901. The van der Waals surface area contributed by atoms with Crippen molar-refractivity contribution in [3.63, 3.8) is 0 Å². The molecule has 54 heavy (non-hydrogen) atoms. The summed E-state index contributed by atoms with van der Waals surface area (Å²) in [5.74, 6) is 2.98. The number of hydrogen-bond donors (Lipinski definition) is 0. The highest BCUT2D eigenvalue weighted by molar-refractivity contribution is 7.99. The predicted molar refractivity (Wildman–Crippen MR) is 229 cm³/mol. The van der Waals surface area contributed by atoms with Crippen LogP contribution in [0.5, 0.6) is 11.5 Å². The summed E-state index contributed by atoms with van der Waals surface area (Å²) in [5.41, 5.74) is 3.93. The van der Waals surface area contributed by atoms with Crippen molar-refractivity contribution < 1.29 is 28.5 Å². The van der Waals surface area contributed by atoms with Gasteiger partial charge in [-0.2, -0.15) is 11.8 Å². The van der Waals surface area contributed by atoms with E-state index in [0.29, 0.717) is 11.5 Å². The van der Waals surface area contributed by atoms with Gasteiger partial charge in [0.25, 0.3) is 0 Å². The molecule has 0 bridgehead atoms. The molecule has 0 atom stereocenters. The Morgan fingerprint density at radius 1 is 0.519 bits per heavy atom. The van der Waals surface area contributed by atoms with E-state index in [2.05, 4.69) is 81.4 Å². The minimum absolute atomic E-state index is 0.319. The van der Waals surface area contributed by atoms with Crippen molar-refractivity contribution in [3.05, 3.63) is 57.6 Å².